The van der Waals surface area contributed by atoms with Gasteiger partial charge in [0.15, 0.2) is 0 Å². The third-order valence-electron chi connectivity index (χ3n) is 4.18. The number of piperidine rings is 1. The van der Waals surface area contributed by atoms with Crippen molar-refractivity contribution in [2.45, 2.75) is 57.7 Å². The lowest BCUT2D eigenvalue weighted by Gasteiger charge is -2.28. The van der Waals surface area contributed by atoms with Crippen molar-refractivity contribution in [3.05, 3.63) is 29.8 Å². The van der Waals surface area contributed by atoms with Crippen LogP contribution >= 0.6 is 0 Å². The zero-order chi connectivity index (χ0) is 14.4. The summed E-state index contributed by atoms with van der Waals surface area (Å²) in [6.07, 6.45) is 5.22. The molecule has 0 amide bonds. The first-order valence-electron chi connectivity index (χ1n) is 7.82. The predicted octanol–water partition coefficient (Wildman–Crippen LogP) is 3.27. The van der Waals surface area contributed by atoms with Crippen molar-refractivity contribution in [3.8, 4) is 5.75 Å². The molecule has 3 nitrogen and oxygen atoms in total. The summed E-state index contributed by atoms with van der Waals surface area (Å²) < 4.78 is 5.29. The maximum atomic E-state index is 5.29. The van der Waals surface area contributed by atoms with Gasteiger partial charge in [0.2, 0.25) is 0 Å². The van der Waals surface area contributed by atoms with Crippen molar-refractivity contribution < 1.29 is 4.74 Å². The quantitative estimate of drug-likeness (QED) is 0.836. The van der Waals surface area contributed by atoms with Crippen LogP contribution in [0.2, 0.25) is 0 Å². The molecule has 3 atom stereocenters. The standard InChI is InChI=1S/C17H28N2O/c1-13(11-16-8-4-5-10-18-16)19-14(2)15-7-6-9-17(12-15)20-3/h6-7,9,12-14,16,18-19H,4-5,8,10-11H2,1-3H3. The zero-order valence-corrected chi connectivity index (χ0v) is 13.0. The molecule has 0 spiro atoms. The Morgan fingerprint density at radius 1 is 1.35 bits per heavy atom. The van der Waals surface area contributed by atoms with Crippen LogP contribution in [-0.2, 0) is 0 Å². The summed E-state index contributed by atoms with van der Waals surface area (Å²) in [6.45, 7) is 5.69. The summed E-state index contributed by atoms with van der Waals surface area (Å²) in [5.74, 6) is 0.928. The zero-order valence-electron chi connectivity index (χ0n) is 13.0. The molecule has 0 bridgehead atoms. The van der Waals surface area contributed by atoms with Gasteiger partial charge in [-0.3, -0.25) is 0 Å². The van der Waals surface area contributed by atoms with Gasteiger partial charge in [-0.05, 0) is 57.4 Å². The first-order chi connectivity index (χ1) is 9.69. The highest BCUT2D eigenvalue weighted by Crippen LogP contribution is 2.20. The van der Waals surface area contributed by atoms with Crippen LogP contribution in [0.4, 0.5) is 0 Å². The number of hydrogen-bond donors (Lipinski definition) is 2. The van der Waals surface area contributed by atoms with Crippen molar-refractivity contribution in [2.24, 2.45) is 0 Å². The van der Waals surface area contributed by atoms with Crippen molar-refractivity contribution >= 4 is 0 Å². The van der Waals surface area contributed by atoms with Crippen LogP contribution in [0.15, 0.2) is 24.3 Å². The van der Waals surface area contributed by atoms with Gasteiger partial charge in [0.05, 0.1) is 7.11 Å². The van der Waals surface area contributed by atoms with E-state index in [1.54, 1.807) is 7.11 Å². The third kappa shape index (κ3) is 4.50. The fraction of sp³-hybridized carbons (Fsp3) is 0.647. The average Bonchev–Trinajstić information content (AvgIpc) is 2.48. The monoisotopic (exact) mass is 276 g/mol. The third-order valence-corrected chi connectivity index (χ3v) is 4.18. The first kappa shape index (κ1) is 15.3. The van der Waals surface area contributed by atoms with Crippen LogP contribution in [0, 0.1) is 0 Å². The molecular formula is C17H28N2O. The van der Waals surface area contributed by atoms with Gasteiger partial charge < -0.3 is 15.4 Å². The molecule has 2 rings (SSSR count). The highest BCUT2D eigenvalue weighted by atomic mass is 16.5. The minimum Gasteiger partial charge on any atom is -0.497 e. The Labute approximate surface area is 123 Å². The molecule has 2 N–H and O–H groups in total. The van der Waals surface area contributed by atoms with Crippen LogP contribution in [0.1, 0.15) is 51.1 Å². The van der Waals surface area contributed by atoms with Crippen molar-refractivity contribution in [3.63, 3.8) is 0 Å². The minimum absolute atomic E-state index is 0.351. The molecule has 20 heavy (non-hydrogen) atoms. The van der Waals surface area contributed by atoms with E-state index >= 15 is 0 Å². The average molecular weight is 276 g/mol. The van der Waals surface area contributed by atoms with Gasteiger partial charge in [0, 0.05) is 18.1 Å². The van der Waals surface area contributed by atoms with E-state index in [4.69, 9.17) is 4.74 Å². The van der Waals surface area contributed by atoms with Gasteiger partial charge in [0.25, 0.3) is 0 Å². The summed E-state index contributed by atoms with van der Waals surface area (Å²) in [4.78, 5) is 0. The number of hydrogen-bond acceptors (Lipinski definition) is 3. The van der Waals surface area contributed by atoms with Crippen molar-refractivity contribution in [1.82, 2.24) is 10.6 Å². The second-order valence-corrected chi connectivity index (χ2v) is 5.95. The molecule has 0 aliphatic carbocycles. The topological polar surface area (TPSA) is 33.3 Å². The summed E-state index contributed by atoms with van der Waals surface area (Å²) in [5, 5.41) is 7.32. The molecular weight excluding hydrogens is 248 g/mol. The number of methoxy groups -OCH3 is 1. The molecule has 1 fully saturated rings. The Bertz CT molecular complexity index is 402. The largest absolute Gasteiger partial charge is 0.497 e. The molecule has 1 aliphatic heterocycles. The Morgan fingerprint density at radius 2 is 2.20 bits per heavy atom. The smallest absolute Gasteiger partial charge is 0.119 e. The molecule has 1 aliphatic rings. The summed E-state index contributed by atoms with van der Waals surface area (Å²) in [5.41, 5.74) is 1.29. The number of nitrogens with one attached hydrogen (secondary N) is 2. The Kier molecular flexibility index (Phi) is 5.86. The highest BCUT2D eigenvalue weighted by molar-refractivity contribution is 5.30. The summed E-state index contributed by atoms with van der Waals surface area (Å²) in [6, 6.07) is 9.87. The lowest BCUT2D eigenvalue weighted by Crippen LogP contribution is -2.40. The van der Waals surface area contributed by atoms with E-state index in [0.717, 1.165) is 5.75 Å². The fourth-order valence-electron chi connectivity index (χ4n) is 3.05. The van der Waals surface area contributed by atoms with Crippen LogP contribution in [0.3, 0.4) is 0 Å². The lowest BCUT2D eigenvalue weighted by molar-refractivity contribution is 0.333. The molecule has 3 heteroatoms. The van der Waals surface area contributed by atoms with Crippen molar-refractivity contribution in [2.75, 3.05) is 13.7 Å². The molecule has 1 aromatic carbocycles. The van der Waals surface area contributed by atoms with Gasteiger partial charge >= 0.3 is 0 Å². The maximum absolute atomic E-state index is 5.29. The highest BCUT2D eigenvalue weighted by Gasteiger charge is 2.17. The molecule has 0 radical (unpaired) electrons. The van der Waals surface area contributed by atoms with Gasteiger partial charge in [0.1, 0.15) is 5.75 Å². The van der Waals surface area contributed by atoms with E-state index in [0.29, 0.717) is 18.1 Å². The molecule has 1 saturated heterocycles. The molecule has 0 aromatic heterocycles. The first-order valence-corrected chi connectivity index (χ1v) is 7.82. The normalized spacial score (nSPS) is 22.2. The van der Waals surface area contributed by atoms with Gasteiger partial charge in [-0.25, -0.2) is 0 Å². The number of benzene rings is 1. The van der Waals surface area contributed by atoms with Gasteiger partial charge in [-0.2, -0.15) is 0 Å². The summed E-state index contributed by atoms with van der Waals surface area (Å²) >= 11 is 0. The van der Waals surface area contributed by atoms with E-state index < -0.39 is 0 Å². The second-order valence-electron chi connectivity index (χ2n) is 5.95. The number of ether oxygens (including phenoxy) is 1. The molecule has 1 aromatic rings. The molecule has 112 valence electrons. The molecule has 1 heterocycles. The van der Waals surface area contributed by atoms with Gasteiger partial charge in [-0.15, -0.1) is 0 Å². The SMILES string of the molecule is COc1cccc(C(C)NC(C)CC2CCCCN2)c1. The van der Waals surface area contributed by atoms with Crippen LogP contribution in [0.5, 0.6) is 5.75 Å². The summed E-state index contributed by atoms with van der Waals surface area (Å²) in [7, 11) is 1.72. The van der Waals surface area contributed by atoms with Crippen molar-refractivity contribution in [1.29, 1.82) is 0 Å². The van der Waals surface area contributed by atoms with Gasteiger partial charge in [-0.1, -0.05) is 18.6 Å². The predicted molar refractivity (Wildman–Crippen MR) is 84.3 cm³/mol. The Balaban J connectivity index is 1.84. The molecule has 3 unspecified atom stereocenters. The van der Waals surface area contributed by atoms with E-state index in [2.05, 4.69) is 42.7 Å². The fourth-order valence-corrected chi connectivity index (χ4v) is 3.05. The molecule has 0 saturated carbocycles. The van der Waals surface area contributed by atoms with E-state index in [-0.39, 0.29) is 0 Å². The van der Waals surface area contributed by atoms with Crippen LogP contribution in [0.25, 0.3) is 0 Å². The van der Waals surface area contributed by atoms with Crippen LogP contribution in [-0.4, -0.2) is 25.7 Å². The maximum Gasteiger partial charge on any atom is 0.119 e. The van der Waals surface area contributed by atoms with E-state index in [1.807, 2.05) is 6.07 Å². The lowest BCUT2D eigenvalue weighted by atomic mass is 9.98. The Hall–Kier alpha value is -1.06. The number of rotatable bonds is 6. The van der Waals surface area contributed by atoms with Crippen LogP contribution < -0.4 is 15.4 Å². The Morgan fingerprint density at radius 3 is 2.90 bits per heavy atom. The van der Waals surface area contributed by atoms with E-state index in [9.17, 15) is 0 Å². The second kappa shape index (κ2) is 7.65. The van der Waals surface area contributed by atoms with E-state index in [1.165, 1.54) is 37.8 Å². The minimum atomic E-state index is 0.351.